The van der Waals surface area contributed by atoms with Crippen LogP contribution in [0.3, 0.4) is 0 Å². The standard InChI is InChI=1S/C26H20ClFN4O4/c1-12-9-17(14(3)29-19-7-8-20(27)30-21(19)25-31-26(34)36-32-25)24-18(10-12)22(33)13(2)23(35-24)15-5-4-6-16(28)11-15/h4-11,14,29H,1-3H3,(H,31,32,34). The number of halogens is 2. The number of nitrogens with one attached hydrogen (secondary N) is 2. The van der Waals surface area contributed by atoms with E-state index in [0.717, 1.165) is 5.56 Å². The fourth-order valence-electron chi connectivity index (χ4n) is 4.17. The third-order valence-electron chi connectivity index (χ3n) is 5.84. The van der Waals surface area contributed by atoms with Crippen molar-refractivity contribution in [3.63, 3.8) is 0 Å². The first kappa shape index (κ1) is 23.5. The molecule has 5 rings (SSSR count). The molecule has 0 radical (unpaired) electrons. The number of pyridine rings is 1. The van der Waals surface area contributed by atoms with Crippen LogP contribution >= 0.6 is 11.6 Å². The fourth-order valence-corrected chi connectivity index (χ4v) is 4.32. The van der Waals surface area contributed by atoms with E-state index >= 15 is 0 Å². The van der Waals surface area contributed by atoms with Crippen molar-refractivity contribution >= 4 is 28.3 Å². The zero-order chi connectivity index (χ0) is 25.6. The summed E-state index contributed by atoms with van der Waals surface area (Å²) in [7, 11) is 0. The highest BCUT2D eigenvalue weighted by atomic mass is 35.5. The summed E-state index contributed by atoms with van der Waals surface area (Å²) < 4.78 is 24.8. The monoisotopic (exact) mass is 506 g/mol. The molecular weight excluding hydrogens is 487 g/mol. The van der Waals surface area contributed by atoms with Gasteiger partial charge in [-0.25, -0.2) is 14.2 Å². The molecule has 8 nitrogen and oxygen atoms in total. The number of aromatic amines is 1. The zero-order valence-electron chi connectivity index (χ0n) is 19.5. The quantitative estimate of drug-likeness (QED) is 0.290. The molecule has 0 aliphatic rings. The molecule has 2 aromatic carbocycles. The Hall–Kier alpha value is -4.24. The van der Waals surface area contributed by atoms with Gasteiger partial charge in [0.2, 0.25) is 5.82 Å². The predicted molar refractivity (Wildman–Crippen MR) is 135 cm³/mol. The number of aryl methyl sites for hydroxylation is 1. The maximum absolute atomic E-state index is 13.9. The summed E-state index contributed by atoms with van der Waals surface area (Å²) in [4.78, 5) is 31.5. The average Bonchev–Trinajstić information content (AvgIpc) is 3.28. The molecule has 1 unspecified atom stereocenters. The molecule has 0 bridgehead atoms. The van der Waals surface area contributed by atoms with E-state index in [2.05, 4.69) is 25.0 Å². The van der Waals surface area contributed by atoms with Crippen molar-refractivity contribution in [2.24, 2.45) is 0 Å². The Morgan fingerprint density at radius 1 is 1.11 bits per heavy atom. The molecule has 10 heteroatoms. The molecule has 1 atom stereocenters. The molecule has 36 heavy (non-hydrogen) atoms. The highest BCUT2D eigenvalue weighted by Gasteiger charge is 2.21. The van der Waals surface area contributed by atoms with Gasteiger partial charge in [0.05, 0.1) is 17.1 Å². The summed E-state index contributed by atoms with van der Waals surface area (Å²) in [6.07, 6.45) is 0. The van der Waals surface area contributed by atoms with Gasteiger partial charge in [-0.05, 0) is 56.7 Å². The van der Waals surface area contributed by atoms with Crippen LogP contribution in [0, 0.1) is 19.7 Å². The lowest BCUT2D eigenvalue weighted by Crippen LogP contribution is -2.13. The van der Waals surface area contributed by atoms with E-state index in [1.807, 2.05) is 19.9 Å². The molecule has 0 amide bonds. The number of hydrogen-bond donors (Lipinski definition) is 2. The maximum Gasteiger partial charge on any atom is 0.439 e. The number of nitrogens with zero attached hydrogens (tertiary/aromatic N) is 2. The minimum absolute atomic E-state index is 0.113. The topological polar surface area (TPSA) is 114 Å². The van der Waals surface area contributed by atoms with Gasteiger partial charge in [-0.1, -0.05) is 35.0 Å². The molecular formula is C26H20ClFN4O4. The van der Waals surface area contributed by atoms with E-state index in [0.29, 0.717) is 39.1 Å². The highest BCUT2D eigenvalue weighted by Crippen LogP contribution is 2.34. The summed E-state index contributed by atoms with van der Waals surface area (Å²) >= 11 is 6.08. The molecule has 2 N–H and O–H groups in total. The molecule has 3 heterocycles. The smallest absolute Gasteiger partial charge is 0.439 e. The molecule has 0 aliphatic carbocycles. The van der Waals surface area contributed by atoms with Crippen molar-refractivity contribution in [3.8, 4) is 22.8 Å². The Kier molecular flexibility index (Phi) is 5.93. The first-order valence-electron chi connectivity index (χ1n) is 11.0. The summed E-state index contributed by atoms with van der Waals surface area (Å²) in [5.41, 5.74) is 3.43. The Morgan fingerprint density at radius 3 is 2.64 bits per heavy atom. The Bertz CT molecular complexity index is 1740. The number of fused-ring (bicyclic) bond motifs is 1. The van der Waals surface area contributed by atoms with Crippen molar-refractivity contribution < 1.29 is 13.3 Å². The van der Waals surface area contributed by atoms with Gasteiger partial charge in [0.15, 0.2) is 5.43 Å². The number of hydrogen-bond acceptors (Lipinski definition) is 7. The van der Waals surface area contributed by atoms with Crippen molar-refractivity contribution in [2.75, 3.05) is 5.32 Å². The second kappa shape index (κ2) is 9.09. The maximum atomic E-state index is 13.9. The Morgan fingerprint density at radius 2 is 1.92 bits per heavy atom. The average molecular weight is 507 g/mol. The molecule has 3 aromatic heterocycles. The van der Waals surface area contributed by atoms with Crippen LogP contribution in [0.2, 0.25) is 5.15 Å². The van der Waals surface area contributed by atoms with Gasteiger partial charge in [0, 0.05) is 16.7 Å². The molecule has 0 aliphatic heterocycles. The zero-order valence-corrected chi connectivity index (χ0v) is 20.2. The van der Waals surface area contributed by atoms with E-state index in [1.165, 1.54) is 12.1 Å². The minimum atomic E-state index is -0.725. The largest absolute Gasteiger partial charge is 0.455 e. The molecule has 0 saturated carbocycles. The Labute approximate surface area is 208 Å². The molecule has 182 valence electrons. The minimum Gasteiger partial charge on any atom is -0.455 e. The van der Waals surface area contributed by atoms with Gasteiger partial charge in [-0.3, -0.25) is 14.3 Å². The van der Waals surface area contributed by atoms with Gasteiger partial charge in [-0.2, -0.15) is 0 Å². The molecule has 0 saturated heterocycles. The van der Waals surface area contributed by atoms with E-state index in [1.54, 1.807) is 37.3 Å². The van der Waals surface area contributed by atoms with Crippen LogP contribution in [-0.4, -0.2) is 15.1 Å². The lowest BCUT2D eigenvalue weighted by molar-refractivity contribution is 0.388. The summed E-state index contributed by atoms with van der Waals surface area (Å²) in [6, 6.07) is 12.5. The number of H-pyrrole nitrogens is 1. The van der Waals surface area contributed by atoms with Crippen molar-refractivity contribution in [2.45, 2.75) is 26.8 Å². The number of benzene rings is 2. The van der Waals surface area contributed by atoms with Gasteiger partial charge in [0.1, 0.15) is 28.0 Å². The first-order valence-corrected chi connectivity index (χ1v) is 11.4. The number of rotatable bonds is 5. The van der Waals surface area contributed by atoms with Gasteiger partial charge < -0.3 is 9.73 Å². The van der Waals surface area contributed by atoms with Crippen molar-refractivity contribution in [3.05, 3.63) is 97.0 Å². The van der Waals surface area contributed by atoms with Crippen LogP contribution in [0.5, 0.6) is 0 Å². The van der Waals surface area contributed by atoms with E-state index in [4.69, 9.17) is 16.0 Å². The number of aromatic nitrogens is 3. The van der Waals surface area contributed by atoms with Gasteiger partial charge in [0.25, 0.3) is 0 Å². The summed E-state index contributed by atoms with van der Waals surface area (Å²) in [5, 5.41) is 7.67. The fraction of sp³-hybridized carbons (Fsp3) is 0.154. The summed E-state index contributed by atoms with van der Waals surface area (Å²) in [6.45, 7) is 5.44. The third kappa shape index (κ3) is 4.29. The first-order chi connectivity index (χ1) is 17.2. The Balaban J connectivity index is 1.65. The van der Waals surface area contributed by atoms with Gasteiger partial charge >= 0.3 is 5.76 Å². The van der Waals surface area contributed by atoms with Crippen LogP contribution in [0.25, 0.3) is 33.8 Å². The predicted octanol–water partition coefficient (Wildman–Crippen LogP) is 5.78. The van der Waals surface area contributed by atoms with E-state index in [9.17, 15) is 14.0 Å². The normalized spacial score (nSPS) is 12.1. The second-order valence-corrected chi connectivity index (χ2v) is 8.85. The molecule has 5 aromatic rings. The lowest BCUT2D eigenvalue weighted by atomic mass is 9.98. The van der Waals surface area contributed by atoms with Crippen molar-refractivity contribution in [1.29, 1.82) is 0 Å². The summed E-state index contributed by atoms with van der Waals surface area (Å²) in [5.74, 6) is -0.736. The van der Waals surface area contributed by atoms with Crippen LogP contribution in [-0.2, 0) is 0 Å². The SMILES string of the molecule is Cc1cc(C(C)Nc2ccc(Cl)nc2-c2noc(=O)[nH]2)c2oc(-c3cccc(F)c3)c(C)c(=O)c2c1. The van der Waals surface area contributed by atoms with Crippen LogP contribution < -0.4 is 16.5 Å². The molecule has 0 fully saturated rings. The lowest BCUT2D eigenvalue weighted by Gasteiger charge is -2.20. The highest BCUT2D eigenvalue weighted by molar-refractivity contribution is 6.29. The third-order valence-corrected chi connectivity index (χ3v) is 6.05. The van der Waals surface area contributed by atoms with E-state index < -0.39 is 11.6 Å². The van der Waals surface area contributed by atoms with Crippen LogP contribution in [0.15, 0.2) is 67.1 Å². The van der Waals surface area contributed by atoms with Crippen LogP contribution in [0.1, 0.15) is 29.7 Å². The van der Waals surface area contributed by atoms with E-state index in [-0.39, 0.29) is 28.1 Å². The van der Waals surface area contributed by atoms with Gasteiger partial charge in [-0.15, -0.1) is 0 Å². The van der Waals surface area contributed by atoms with Crippen molar-refractivity contribution in [1.82, 2.24) is 15.1 Å². The van der Waals surface area contributed by atoms with Crippen LogP contribution in [0.4, 0.5) is 10.1 Å². The number of anilines is 1. The molecule has 0 spiro atoms. The second-order valence-electron chi connectivity index (χ2n) is 8.47.